The van der Waals surface area contributed by atoms with Gasteiger partial charge in [0, 0.05) is 11.9 Å². The van der Waals surface area contributed by atoms with Crippen LogP contribution >= 0.6 is 11.3 Å². The highest BCUT2D eigenvalue weighted by Gasteiger charge is 2.19. The molecule has 0 fully saturated rings. The van der Waals surface area contributed by atoms with Gasteiger partial charge in [-0.05, 0) is 13.8 Å². The van der Waals surface area contributed by atoms with Gasteiger partial charge >= 0.3 is 5.97 Å². The molecule has 0 unspecified atom stereocenters. The van der Waals surface area contributed by atoms with E-state index >= 15 is 0 Å². The van der Waals surface area contributed by atoms with Crippen molar-refractivity contribution in [3.63, 3.8) is 0 Å². The summed E-state index contributed by atoms with van der Waals surface area (Å²) < 4.78 is 4.49. The minimum atomic E-state index is -0.444. The van der Waals surface area contributed by atoms with E-state index in [0.717, 1.165) is 9.88 Å². The summed E-state index contributed by atoms with van der Waals surface area (Å²) in [7, 11) is 2.84. The molecule has 0 aliphatic rings. The van der Waals surface area contributed by atoms with Crippen LogP contribution in [0.5, 0.6) is 0 Å². The first-order valence-electron chi connectivity index (χ1n) is 4.72. The molecule has 0 saturated heterocycles. The number of methoxy groups -OCH3 is 1. The molecule has 0 radical (unpaired) electrons. The van der Waals surface area contributed by atoms with Crippen LogP contribution in [0.2, 0.25) is 0 Å². The molecule has 88 valence electrons. The zero-order valence-corrected chi connectivity index (χ0v) is 10.6. The maximum Gasteiger partial charge on any atom is 0.325 e. The second-order valence-electron chi connectivity index (χ2n) is 3.38. The van der Waals surface area contributed by atoms with E-state index in [1.165, 1.54) is 23.3 Å². The largest absolute Gasteiger partial charge is 0.468 e. The minimum Gasteiger partial charge on any atom is -0.468 e. The van der Waals surface area contributed by atoms with Gasteiger partial charge in [-0.3, -0.25) is 9.59 Å². The maximum atomic E-state index is 11.9. The van der Waals surface area contributed by atoms with Crippen molar-refractivity contribution < 1.29 is 14.3 Å². The van der Waals surface area contributed by atoms with Crippen molar-refractivity contribution in [2.24, 2.45) is 0 Å². The lowest BCUT2D eigenvalue weighted by Crippen LogP contribution is -2.33. The molecule has 0 aliphatic heterocycles. The highest BCUT2D eigenvalue weighted by atomic mass is 32.1. The van der Waals surface area contributed by atoms with E-state index in [0.29, 0.717) is 5.69 Å². The molecule has 0 aromatic carbocycles. The van der Waals surface area contributed by atoms with Crippen LogP contribution < -0.4 is 0 Å². The fourth-order valence-corrected chi connectivity index (χ4v) is 2.05. The smallest absolute Gasteiger partial charge is 0.325 e. The van der Waals surface area contributed by atoms with Gasteiger partial charge in [-0.15, -0.1) is 11.3 Å². The van der Waals surface area contributed by atoms with Crippen LogP contribution in [0.3, 0.4) is 0 Å². The summed E-state index contributed by atoms with van der Waals surface area (Å²) in [6, 6.07) is 0. The number of rotatable bonds is 3. The Kier molecular flexibility index (Phi) is 4.00. The molecule has 6 heteroatoms. The Morgan fingerprint density at radius 3 is 2.50 bits per heavy atom. The molecule has 0 saturated carbocycles. The third-order valence-corrected chi connectivity index (χ3v) is 2.93. The molecule has 1 aromatic rings. The fourth-order valence-electron chi connectivity index (χ4n) is 1.24. The molecule has 0 N–H and O–H groups in total. The number of nitrogens with zero attached hydrogens (tertiary/aromatic N) is 2. The standard InChI is InChI=1S/C10H14N2O3S/c1-6-9(11-7(2)16-6)10(14)12(3)5-8(13)15-4/h5H2,1-4H3. The Hall–Kier alpha value is -1.43. The van der Waals surface area contributed by atoms with E-state index in [2.05, 4.69) is 9.72 Å². The van der Waals surface area contributed by atoms with Gasteiger partial charge in [0.15, 0.2) is 0 Å². The molecule has 0 spiro atoms. The van der Waals surface area contributed by atoms with Crippen LogP contribution in [0, 0.1) is 13.8 Å². The molecule has 16 heavy (non-hydrogen) atoms. The molecule has 0 aliphatic carbocycles. The van der Waals surface area contributed by atoms with E-state index in [4.69, 9.17) is 0 Å². The number of ether oxygens (including phenoxy) is 1. The predicted octanol–water partition coefficient (Wildman–Crippen LogP) is 1.00. The van der Waals surface area contributed by atoms with E-state index in [1.54, 1.807) is 7.05 Å². The Balaban J connectivity index is 2.78. The van der Waals surface area contributed by atoms with Gasteiger partial charge in [-0.25, -0.2) is 4.98 Å². The second-order valence-corrected chi connectivity index (χ2v) is 4.78. The molecular weight excluding hydrogens is 228 g/mol. The van der Waals surface area contributed by atoms with Crippen molar-refractivity contribution in [3.8, 4) is 0 Å². The highest BCUT2D eigenvalue weighted by molar-refractivity contribution is 7.11. The Labute approximate surface area is 98.0 Å². The number of carbonyl (C=O) groups is 2. The molecule has 0 bridgehead atoms. The van der Waals surface area contributed by atoms with Crippen LogP contribution in [-0.2, 0) is 9.53 Å². The van der Waals surface area contributed by atoms with Crippen LogP contribution in [0.4, 0.5) is 0 Å². The fraction of sp³-hybridized carbons (Fsp3) is 0.500. The molecule has 0 atom stereocenters. The van der Waals surface area contributed by atoms with Gasteiger partial charge in [0.25, 0.3) is 5.91 Å². The van der Waals surface area contributed by atoms with Gasteiger partial charge in [-0.2, -0.15) is 0 Å². The summed E-state index contributed by atoms with van der Waals surface area (Å²) in [6.07, 6.45) is 0. The number of hydrogen-bond donors (Lipinski definition) is 0. The van der Waals surface area contributed by atoms with Gasteiger partial charge in [0.2, 0.25) is 0 Å². The van der Waals surface area contributed by atoms with Crippen molar-refractivity contribution in [1.29, 1.82) is 0 Å². The summed E-state index contributed by atoms with van der Waals surface area (Å²) in [5.41, 5.74) is 0.411. The minimum absolute atomic E-state index is 0.0641. The third-order valence-electron chi connectivity index (χ3n) is 2.05. The number of aryl methyl sites for hydroxylation is 2. The number of esters is 1. The second kappa shape index (κ2) is 5.07. The van der Waals surface area contributed by atoms with E-state index < -0.39 is 5.97 Å². The van der Waals surface area contributed by atoms with Gasteiger partial charge in [-0.1, -0.05) is 0 Å². The summed E-state index contributed by atoms with van der Waals surface area (Å²) in [6.45, 7) is 3.62. The number of carbonyl (C=O) groups excluding carboxylic acids is 2. The number of likely N-dealkylation sites (N-methyl/N-ethyl adjacent to an activating group) is 1. The van der Waals surface area contributed by atoms with Crippen molar-refractivity contribution in [3.05, 3.63) is 15.6 Å². The molecule has 1 heterocycles. The summed E-state index contributed by atoms with van der Waals surface area (Å²) >= 11 is 1.46. The molecule has 1 aromatic heterocycles. The summed E-state index contributed by atoms with van der Waals surface area (Å²) in [5, 5.41) is 0.840. The normalized spacial score (nSPS) is 10.0. The average Bonchev–Trinajstić information content (AvgIpc) is 2.56. The first-order valence-corrected chi connectivity index (χ1v) is 5.53. The van der Waals surface area contributed by atoms with E-state index in [1.807, 2.05) is 13.8 Å². The first kappa shape index (κ1) is 12.6. The number of hydrogen-bond acceptors (Lipinski definition) is 5. The molecular formula is C10H14N2O3S. The predicted molar refractivity (Wildman–Crippen MR) is 60.6 cm³/mol. The van der Waals surface area contributed by atoms with Crippen LogP contribution in [-0.4, -0.2) is 42.5 Å². The zero-order valence-electron chi connectivity index (χ0n) is 9.73. The third kappa shape index (κ3) is 2.79. The van der Waals surface area contributed by atoms with Gasteiger partial charge in [0.05, 0.1) is 12.1 Å². The number of amides is 1. The lowest BCUT2D eigenvalue weighted by molar-refractivity contribution is -0.141. The lowest BCUT2D eigenvalue weighted by Gasteiger charge is -2.14. The van der Waals surface area contributed by atoms with Crippen LogP contribution in [0.15, 0.2) is 0 Å². The van der Waals surface area contributed by atoms with Crippen LogP contribution in [0.25, 0.3) is 0 Å². The molecule has 1 rings (SSSR count). The first-order chi connectivity index (χ1) is 7.45. The number of thiazole rings is 1. The highest BCUT2D eigenvalue weighted by Crippen LogP contribution is 2.17. The Morgan fingerprint density at radius 1 is 1.44 bits per heavy atom. The van der Waals surface area contributed by atoms with E-state index in [-0.39, 0.29) is 12.5 Å². The Bertz CT molecular complexity index is 414. The van der Waals surface area contributed by atoms with Crippen molar-refractivity contribution in [2.75, 3.05) is 20.7 Å². The monoisotopic (exact) mass is 242 g/mol. The summed E-state index contributed by atoms with van der Waals surface area (Å²) in [4.78, 5) is 29.2. The maximum absolute atomic E-state index is 11.9. The van der Waals surface area contributed by atoms with Gasteiger partial charge in [0.1, 0.15) is 12.2 Å². The zero-order chi connectivity index (χ0) is 12.3. The molecule has 1 amide bonds. The topological polar surface area (TPSA) is 59.5 Å². The van der Waals surface area contributed by atoms with Crippen molar-refractivity contribution in [1.82, 2.24) is 9.88 Å². The van der Waals surface area contributed by atoms with Gasteiger partial charge < -0.3 is 9.64 Å². The van der Waals surface area contributed by atoms with E-state index in [9.17, 15) is 9.59 Å². The average molecular weight is 242 g/mol. The van der Waals surface area contributed by atoms with Crippen molar-refractivity contribution >= 4 is 23.2 Å². The lowest BCUT2D eigenvalue weighted by atomic mass is 10.3. The SMILES string of the molecule is COC(=O)CN(C)C(=O)c1nc(C)sc1C. The van der Waals surface area contributed by atoms with Crippen LogP contribution in [0.1, 0.15) is 20.4 Å². The number of aromatic nitrogens is 1. The molecule has 5 nitrogen and oxygen atoms in total. The summed E-state index contributed by atoms with van der Waals surface area (Å²) in [5.74, 6) is -0.701. The Morgan fingerprint density at radius 2 is 2.06 bits per heavy atom. The van der Waals surface area contributed by atoms with Crippen molar-refractivity contribution in [2.45, 2.75) is 13.8 Å². The quantitative estimate of drug-likeness (QED) is 0.742.